The zero-order valence-electron chi connectivity index (χ0n) is 26.4. The second-order valence-electron chi connectivity index (χ2n) is 12.8. The Morgan fingerprint density at radius 3 is 1.20 bits per heavy atom. The summed E-state index contributed by atoms with van der Waals surface area (Å²) >= 11 is 0. The lowest BCUT2D eigenvalue weighted by atomic mass is 9.86. The van der Waals surface area contributed by atoms with E-state index in [1.54, 1.807) is 36.4 Å². The maximum atomic E-state index is 13.3. The average molecular weight is 653 g/mol. The normalized spacial score (nSPS) is 12.6. The summed E-state index contributed by atoms with van der Waals surface area (Å²) in [5, 5.41) is 21.5. The number of benzene rings is 4. The molecule has 0 atom stereocenters. The molecule has 0 amide bonds. The van der Waals surface area contributed by atoms with Crippen LogP contribution in [0.4, 0.5) is 0 Å². The largest absolute Gasteiger partial charge is 0.507 e. The molecule has 0 radical (unpaired) electrons. The minimum atomic E-state index is -4.01. The maximum absolute atomic E-state index is 13.3. The second-order valence-corrected chi connectivity index (χ2v) is 16.7. The SMILES string of the molecule is CC(C)(C)c1cc(O)c(S(=O)(=O)c2ccccc2)cc1OCCCOc1cc(S(=O)(=O)c2ccccc2)c(O)cc1C(C)(C)C. The summed E-state index contributed by atoms with van der Waals surface area (Å²) in [5.74, 6) is -0.0670. The van der Waals surface area contributed by atoms with Crippen LogP contribution in [0, 0.1) is 0 Å². The van der Waals surface area contributed by atoms with Crippen LogP contribution in [-0.4, -0.2) is 40.3 Å². The fourth-order valence-electron chi connectivity index (χ4n) is 4.82. The predicted octanol–water partition coefficient (Wildman–Crippen LogP) is 7.21. The molecule has 0 heterocycles. The Morgan fingerprint density at radius 1 is 0.556 bits per heavy atom. The molecule has 0 aliphatic carbocycles. The highest BCUT2D eigenvalue weighted by molar-refractivity contribution is 7.92. The zero-order chi connectivity index (χ0) is 33.2. The molecule has 240 valence electrons. The van der Waals surface area contributed by atoms with Crippen molar-refractivity contribution in [3.63, 3.8) is 0 Å². The van der Waals surface area contributed by atoms with E-state index >= 15 is 0 Å². The van der Waals surface area contributed by atoms with Crippen molar-refractivity contribution in [1.82, 2.24) is 0 Å². The molecular formula is C35H40O8S2. The van der Waals surface area contributed by atoms with Gasteiger partial charge in [-0.25, -0.2) is 16.8 Å². The lowest BCUT2D eigenvalue weighted by Crippen LogP contribution is -2.17. The highest BCUT2D eigenvalue weighted by Gasteiger charge is 2.29. The first kappa shape index (κ1) is 33.9. The summed E-state index contributed by atoms with van der Waals surface area (Å²) in [6.45, 7) is 11.9. The summed E-state index contributed by atoms with van der Waals surface area (Å²) in [5.41, 5.74) is 0.341. The Kier molecular flexibility index (Phi) is 9.61. The van der Waals surface area contributed by atoms with Crippen molar-refractivity contribution in [2.45, 2.75) is 78.4 Å². The number of ether oxygens (including phenoxy) is 2. The van der Waals surface area contributed by atoms with Gasteiger partial charge in [0.05, 0.1) is 23.0 Å². The lowest BCUT2D eigenvalue weighted by molar-refractivity contribution is 0.240. The number of sulfone groups is 2. The molecule has 10 heteroatoms. The van der Waals surface area contributed by atoms with Gasteiger partial charge in [-0.15, -0.1) is 0 Å². The third kappa shape index (κ3) is 7.45. The van der Waals surface area contributed by atoms with E-state index in [4.69, 9.17) is 9.47 Å². The molecule has 0 saturated carbocycles. The van der Waals surface area contributed by atoms with E-state index in [1.165, 1.54) is 48.5 Å². The van der Waals surface area contributed by atoms with Gasteiger partial charge >= 0.3 is 0 Å². The smallest absolute Gasteiger partial charge is 0.210 e. The summed E-state index contributed by atoms with van der Waals surface area (Å²) in [6, 6.07) is 21.3. The van der Waals surface area contributed by atoms with Crippen LogP contribution in [0.5, 0.6) is 23.0 Å². The van der Waals surface area contributed by atoms with Crippen molar-refractivity contribution < 1.29 is 36.5 Å². The fraction of sp³-hybridized carbons (Fsp3) is 0.314. The van der Waals surface area contributed by atoms with E-state index in [0.717, 1.165) is 0 Å². The van der Waals surface area contributed by atoms with Gasteiger partial charge in [-0.2, -0.15) is 0 Å². The van der Waals surface area contributed by atoms with E-state index in [-0.39, 0.29) is 44.3 Å². The Labute approximate surface area is 266 Å². The molecule has 2 N–H and O–H groups in total. The van der Waals surface area contributed by atoms with Crippen molar-refractivity contribution in [2.75, 3.05) is 13.2 Å². The Hall–Kier alpha value is -4.02. The van der Waals surface area contributed by atoms with Crippen LogP contribution in [-0.2, 0) is 30.5 Å². The number of rotatable bonds is 10. The van der Waals surface area contributed by atoms with E-state index in [9.17, 15) is 27.0 Å². The molecule has 4 rings (SSSR count). The molecule has 0 fully saturated rings. The van der Waals surface area contributed by atoms with Crippen LogP contribution < -0.4 is 9.47 Å². The summed E-state index contributed by atoms with van der Waals surface area (Å²) < 4.78 is 65.5. The van der Waals surface area contributed by atoms with Crippen molar-refractivity contribution in [1.29, 1.82) is 0 Å². The quantitative estimate of drug-likeness (QED) is 0.172. The van der Waals surface area contributed by atoms with E-state index in [2.05, 4.69) is 0 Å². The van der Waals surface area contributed by atoms with E-state index in [0.29, 0.717) is 29.0 Å². The summed E-state index contributed by atoms with van der Waals surface area (Å²) in [4.78, 5) is -0.390. The predicted molar refractivity (Wildman–Crippen MR) is 173 cm³/mol. The van der Waals surface area contributed by atoms with Gasteiger partial charge in [-0.3, -0.25) is 0 Å². The third-order valence-electron chi connectivity index (χ3n) is 7.23. The molecule has 45 heavy (non-hydrogen) atoms. The van der Waals surface area contributed by atoms with Gasteiger partial charge in [-0.1, -0.05) is 77.9 Å². The van der Waals surface area contributed by atoms with Crippen LogP contribution in [0.3, 0.4) is 0 Å². The first-order valence-corrected chi connectivity index (χ1v) is 17.5. The van der Waals surface area contributed by atoms with Crippen molar-refractivity contribution in [2.24, 2.45) is 0 Å². The molecule has 0 aliphatic heterocycles. The van der Waals surface area contributed by atoms with Crippen LogP contribution in [0.15, 0.2) is 105 Å². The standard InChI is InChI=1S/C35H40O8S2/c1-34(2,3)26-20-28(36)32(44(38,39)24-14-9-7-10-15-24)22-30(26)42-18-13-19-43-31-23-33(29(37)21-27(31)35(4,5)6)45(40,41)25-16-11-8-12-17-25/h7-12,14-17,20-23,36-37H,13,18-19H2,1-6H3. The topological polar surface area (TPSA) is 127 Å². The maximum Gasteiger partial charge on any atom is 0.210 e. The molecular weight excluding hydrogens is 613 g/mol. The highest BCUT2D eigenvalue weighted by Crippen LogP contribution is 2.41. The van der Waals surface area contributed by atoms with Crippen molar-refractivity contribution in [3.05, 3.63) is 96.1 Å². The van der Waals surface area contributed by atoms with Crippen LogP contribution >= 0.6 is 0 Å². The Bertz CT molecular complexity index is 1730. The summed E-state index contributed by atoms with van der Waals surface area (Å²) in [7, 11) is -8.02. The van der Waals surface area contributed by atoms with E-state index < -0.39 is 30.5 Å². The minimum Gasteiger partial charge on any atom is -0.507 e. The molecule has 4 aromatic rings. The molecule has 0 aliphatic rings. The van der Waals surface area contributed by atoms with E-state index in [1.807, 2.05) is 41.5 Å². The van der Waals surface area contributed by atoms with Gasteiger partial charge < -0.3 is 19.7 Å². The number of hydrogen-bond acceptors (Lipinski definition) is 8. The van der Waals surface area contributed by atoms with Crippen molar-refractivity contribution >= 4 is 19.7 Å². The fourth-order valence-corrected chi connectivity index (χ4v) is 7.55. The molecule has 4 aromatic carbocycles. The van der Waals surface area contributed by atoms with Gasteiger partial charge in [-0.05, 0) is 47.2 Å². The molecule has 0 spiro atoms. The molecule has 0 bridgehead atoms. The highest BCUT2D eigenvalue weighted by atomic mass is 32.2. The minimum absolute atomic E-state index is 0.0559. The monoisotopic (exact) mass is 652 g/mol. The van der Waals surface area contributed by atoms with Gasteiger partial charge in [0, 0.05) is 29.7 Å². The van der Waals surface area contributed by atoms with Gasteiger partial charge in [0.15, 0.2) is 0 Å². The first-order valence-electron chi connectivity index (χ1n) is 14.5. The molecule has 0 saturated heterocycles. The van der Waals surface area contributed by atoms with Gasteiger partial charge in [0.25, 0.3) is 0 Å². The van der Waals surface area contributed by atoms with Gasteiger partial charge in [0.1, 0.15) is 32.8 Å². The average Bonchev–Trinajstić information content (AvgIpc) is 2.97. The molecule has 0 aromatic heterocycles. The number of phenols is 2. The van der Waals surface area contributed by atoms with Crippen LogP contribution in [0.1, 0.15) is 59.1 Å². The summed E-state index contributed by atoms with van der Waals surface area (Å²) in [6.07, 6.45) is 0.371. The first-order chi connectivity index (χ1) is 20.9. The molecule has 0 unspecified atom stereocenters. The Morgan fingerprint density at radius 2 is 0.889 bits per heavy atom. The van der Waals surface area contributed by atoms with Crippen molar-refractivity contribution in [3.8, 4) is 23.0 Å². The lowest BCUT2D eigenvalue weighted by Gasteiger charge is -2.25. The third-order valence-corrected chi connectivity index (χ3v) is 10.8. The number of hydrogen-bond donors (Lipinski definition) is 2. The second kappa shape index (κ2) is 12.8. The number of aromatic hydroxyl groups is 2. The van der Waals surface area contributed by atoms with Crippen LogP contribution in [0.2, 0.25) is 0 Å². The Balaban J connectivity index is 1.57. The molecule has 8 nitrogen and oxygen atoms in total. The zero-order valence-corrected chi connectivity index (χ0v) is 28.0. The van der Waals surface area contributed by atoms with Gasteiger partial charge in [0.2, 0.25) is 19.7 Å². The number of phenolic OH excluding ortho intramolecular Hbond substituents is 2. The van der Waals surface area contributed by atoms with Crippen LogP contribution in [0.25, 0.3) is 0 Å².